The van der Waals surface area contributed by atoms with Crippen LogP contribution in [-0.2, 0) is 15.5 Å². The van der Waals surface area contributed by atoms with Gasteiger partial charge in [0.1, 0.15) is 11.3 Å². The molecular weight excluding hydrogens is 436 g/mol. The molecule has 0 bridgehead atoms. The predicted octanol–water partition coefficient (Wildman–Crippen LogP) is 5.54. The quantitative estimate of drug-likeness (QED) is 0.597. The number of hydrogen-bond donors (Lipinski definition) is 0. The molecule has 1 aromatic heterocycles. The van der Waals surface area contributed by atoms with Gasteiger partial charge in [-0.05, 0) is 33.6 Å². The summed E-state index contributed by atoms with van der Waals surface area (Å²) >= 11 is 1.50. The van der Waals surface area contributed by atoms with Gasteiger partial charge in [-0.25, -0.2) is 9.78 Å². The normalized spacial score (nSPS) is 20.1. The molecule has 172 valence electrons. The van der Waals surface area contributed by atoms with E-state index in [4.69, 9.17) is 9.57 Å². The number of oxime groups is 1. The number of halogens is 2. The maximum atomic E-state index is 14.8. The van der Waals surface area contributed by atoms with Crippen molar-refractivity contribution in [1.29, 1.82) is 0 Å². The molecule has 32 heavy (non-hydrogen) atoms. The number of carbonyl (C=O) groups is 1. The van der Waals surface area contributed by atoms with E-state index in [1.54, 1.807) is 23.1 Å². The van der Waals surface area contributed by atoms with E-state index in [9.17, 15) is 13.6 Å². The van der Waals surface area contributed by atoms with Gasteiger partial charge in [0, 0.05) is 36.4 Å². The Kier molecular flexibility index (Phi) is 6.20. The van der Waals surface area contributed by atoms with Gasteiger partial charge in [-0.15, -0.1) is 11.3 Å². The van der Waals surface area contributed by atoms with Gasteiger partial charge >= 0.3 is 12.0 Å². The SMILES string of the molecule is CC(C)(C)OC(=O)N1CCC(c2nc(C3=NOC(C(F)(F)c4ccccc4)C3)cs2)CC1. The lowest BCUT2D eigenvalue weighted by Gasteiger charge is -2.32. The lowest BCUT2D eigenvalue weighted by Crippen LogP contribution is -2.41. The fourth-order valence-corrected chi connectivity index (χ4v) is 4.81. The second-order valence-electron chi connectivity index (χ2n) is 9.14. The van der Waals surface area contributed by atoms with Gasteiger partial charge in [0.05, 0.1) is 10.7 Å². The van der Waals surface area contributed by atoms with Crippen molar-refractivity contribution in [3.63, 3.8) is 0 Å². The minimum absolute atomic E-state index is 0.00214. The first-order chi connectivity index (χ1) is 15.1. The molecule has 1 aromatic carbocycles. The Morgan fingerprint density at radius 3 is 2.53 bits per heavy atom. The van der Waals surface area contributed by atoms with Crippen LogP contribution < -0.4 is 0 Å². The zero-order valence-corrected chi connectivity index (χ0v) is 19.2. The molecular formula is C23H27F2N3O3S. The Hall–Kier alpha value is -2.55. The van der Waals surface area contributed by atoms with Crippen molar-refractivity contribution in [2.75, 3.05) is 13.1 Å². The number of rotatable bonds is 4. The zero-order chi connectivity index (χ0) is 22.9. The Morgan fingerprint density at radius 2 is 1.88 bits per heavy atom. The molecule has 4 rings (SSSR count). The van der Waals surface area contributed by atoms with Gasteiger partial charge in [0.25, 0.3) is 0 Å². The minimum Gasteiger partial charge on any atom is -0.444 e. The highest BCUT2D eigenvalue weighted by molar-refractivity contribution is 7.10. The van der Waals surface area contributed by atoms with Crippen LogP contribution >= 0.6 is 11.3 Å². The second-order valence-corrected chi connectivity index (χ2v) is 10.0. The van der Waals surface area contributed by atoms with E-state index in [0.717, 1.165) is 17.8 Å². The summed E-state index contributed by atoms with van der Waals surface area (Å²) in [6, 6.07) is 7.66. The smallest absolute Gasteiger partial charge is 0.410 e. The number of benzene rings is 1. The fourth-order valence-electron chi connectivity index (χ4n) is 3.81. The topological polar surface area (TPSA) is 64.0 Å². The van der Waals surface area contributed by atoms with Crippen LogP contribution in [-0.4, -0.2) is 46.5 Å². The van der Waals surface area contributed by atoms with E-state index in [-0.39, 0.29) is 24.0 Å². The van der Waals surface area contributed by atoms with Crippen molar-refractivity contribution < 1.29 is 23.1 Å². The van der Waals surface area contributed by atoms with Crippen LogP contribution in [0.1, 0.15) is 62.2 Å². The molecule has 2 aliphatic heterocycles. The van der Waals surface area contributed by atoms with Gasteiger partial charge < -0.3 is 14.5 Å². The molecule has 0 spiro atoms. The Balaban J connectivity index is 1.35. The highest BCUT2D eigenvalue weighted by Crippen LogP contribution is 2.39. The van der Waals surface area contributed by atoms with Gasteiger partial charge in [-0.1, -0.05) is 35.5 Å². The number of nitrogens with zero attached hydrogens (tertiary/aromatic N) is 3. The molecule has 1 amide bonds. The van der Waals surface area contributed by atoms with Crippen LogP contribution in [0.3, 0.4) is 0 Å². The van der Waals surface area contributed by atoms with E-state index in [0.29, 0.717) is 24.5 Å². The van der Waals surface area contributed by atoms with Crippen LogP contribution in [0, 0.1) is 0 Å². The second kappa shape index (κ2) is 8.77. The van der Waals surface area contributed by atoms with Crippen molar-refractivity contribution in [2.24, 2.45) is 5.16 Å². The maximum Gasteiger partial charge on any atom is 0.410 e. The molecule has 1 fully saturated rings. The molecule has 1 saturated heterocycles. The third-order valence-electron chi connectivity index (χ3n) is 5.55. The summed E-state index contributed by atoms with van der Waals surface area (Å²) in [6.07, 6.45) is -0.0728. The number of alkyl halides is 2. The molecule has 1 unspecified atom stereocenters. The Labute approximate surface area is 190 Å². The molecule has 0 N–H and O–H groups in total. The van der Waals surface area contributed by atoms with Crippen molar-refractivity contribution in [2.45, 2.75) is 63.6 Å². The average Bonchev–Trinajstić information content (AvgIpc) is 3.43. The first kappa shape index (κ1) is 22.6. The average molecular weight is 464 g/mol. The fraction of sp³-hybridized carbons (Fsp3) is 0.522. The highest BCUT2D eigenvalue weighted by Gasteiger charge is 2.47. The number of amides is 1. The third-order valence-corrected chi connectivity index (χ3v) is 6.55. The standard InChI is InChI=1S/C23H27F2N3O3S/c1-22(2,3)30-21(29)28-11-9-15(10-12-28)20-26-18(14-32-20)17-13-19(31-27-17)23(24,25)16-7-5-4-6-8-16/h4-8,14-15,19H,9-13H2,1-3H3. The van der Waals surface area contributed by atoms with E-state index < -0.39 is 17.6 Å². The number of aromatic nitrogens is 1. The Bertz CT molecular complexity index is 980. The molecule has 2 aliphatic rings. The summed E-state index contributed by atoms with van der Waals surface area (Å²) in [5.74, 6) is -2.92. The van der Waals surface area contributed by atoms with Crippen molar-refractivity contribution >= 4 is 23.1 Å². The summed E-state index contributed by atoms with van der Waals surface area (Å²) in [4.78, 5) is 23.8. The molecule has 0 saturated carbocycles. The van der Waals surface area contributed by atoms with Crippen LogP contribution in [0.15, 0.2) is 40.9 Å². The van der Waals surface area contributed by atoms with E-state index in [1.807, 2.05) is 26.2 Å². The molecule has 3 heterocycles. The minimum atomic E-state index is -3.14. The summed E-state index contributed by atoms with van der Waals surface area (Å²) in [6.45, 7) is 6.76. The lowest BCUT2D eigenvalue weighted by molar-refractivity contribution is -0.131. The molecule has 0 radical (unpaired) electrons. The summed E-state index contributed by atoms with van der Waals surface area (Å²) < 4.78 is 35.0. The number of carbonyl (C=O) groups excluding carboxylic acids is 1. The van der Waals surface area contributed by atoms with Crippen LogP contribution in [0.2, 0.25) is 0 Å². The molecule has 1 atom stereocenters. The van der Waals surface area contributed by atoms with E-state index in [1.165, 1.54) is 23.5 Å². The predicted molar refractivity (Wildman–Crippen MR) is 118 cm³/mol. The summed E-state index contributed by atoms with van der Waals surface area (Å²) in [7, 11) is 0. The number of thiazole rings is 1. The third kappa shape index (κ3) is 4.92. The number of hydrogen-bond acceptors (Lipinski definition) is 6. The lowest BCUT2D eigenvalue weighted by atomic mass is 9.97. The number of likely N-dealkylation sites (tertiary alicyclic amines) is 1. The van der Waals surface area contributed by atoms with Gasteiger partial charge in [-0.2, -0.15) is 8.78 Å². The number of piperidine rings is 1. The van der Waals surface area contributed by atoms with Crippen LogP contribution in [0.4, 0.5) is 13.6 Å². The van der Waals surface area contributed by atoms with Crippen LogP contribution in [0.25, 0.3) is 0 Å². The Morgan fingerprint density at radius 1 is 1.19 bits per heavy atom. The molecule has 0 aliphatic carbocycles. The number of ether oxygens (including phenoxy) is 1. The first-order valence-electron chi connectivity index (χ1n) is 10.7. The monoisotopic (exact) mass is 463 g/mol. The van der Waals surface area contributed by atoms with Crippen molar-refractivity contribution in [3.05, 3.63) is 52.0 Å². The van der Waals surface area contributed by atoms with E-state index >= 15 is 0 Å². The van der Waals surface area contributed by atoms with Gasteiger partial charge in [0.15, 0.2) is 0 Å². The molecule has 6 nitrogen and oxygen atoms in total. The molecule has 9 heteroatoms. The summed E-state index contributed by atoms with van der Waals surface area (Å²) in [5.41, 5.74) is 0.430. The largest absolute Gasteiger partial charge is 0.444 e. The van der Waals surface area contributed by atoms with Crippen molar-refractivity contribution in [1.82, 2.24) is 9.88 Å². The van der Waals surface area contributed by atoms with Crippen molar-refractivity contribution in [3.8, 4) is 0 Å². The van der Waals surface area contributed by atoms with E-state index in [2.05, 4.69) is 10.1 Å². The first-order valence-corrected chi connectivity index (χ1v) is 11.6. The highest BCUT2D eigenvalue weighted by atomic mass is 32.1. The maximum absolute atomic E-state index is 14.8. The van der Waals surface area contributed by atoms with Crippen LogP contribution in [0.5, 0.6) is 0 Å². The zero-order valence-electron chi connectivity index (χ0n) is 18.4. The molecule has 2 aromatic rings. The van der Waals surface area contributed by atoms with Gasteiger partial charge in [-0.3, -0.25) is 0 Å². The van der Waals surface area contributed by atoms with Gasteiger partial charge in [0.2, 0.25) is 6.10 Å². The summed E-state index contributed by atoms with van der Waals surface area (Å²) in [5, 5.41) is 6.70.